The third kappa shape index (κ3) is 3.29. The van der Waals surface area contributed by atoms with Gasteiger partial charge in [-0.05, 0) is 43.0 Å². The molecule has 0 bridgehead atoms. The first-order chi connectivity index (χ1) is 9.61. The molecule has 106 valence electrons. The molecule has 3 nitrogen and oxygen atoms in total. The Morgan fingerprint density at radius 2 is 1.95 bits per heavy atom. The lowest BCUT2D eigenvalue weighted by atomic mass is 10.0. The number of nitrogens with one attached hydrogen (secondary N) is 1. The van der Waals surface area contributed by atoms with Gasteiger partial charge in [0.25, 0.3) is 5.56 Å². The fourth-order valence-corrected chi connectivity index (χ4v) is 2.25. The summed E-state index contributed by atoms with van der Waals surface area (Å²) in [6, 6.07) is 9.82. The van der Waals surface area contributed by atoms with Gasteiger partial charge in [-0.15, -0.1) is 0 Å². The van der Waals surface area contributed by atoms with Gasteiger partial charge in [0, 0.05) is 25.4 Å². The molecule has 0 fully saturated rings. The highest BCUT2D eigenvalue weighted by molar-refractivity contribution is 5.43. The van der Waals surface area contributed by atoms with Crippen molar-refractivity contribution in [3.8, 4) is 0 Å². The molecule has 0 atom stereocenters. The van der Waals surface area contributed by atoms with Crippen LogP contribution >= 0.6 is 0 Å². The van der Waals surface area contributed by atoms with Crippen molar-refractivity contribution in [3.63, 3.8) is 0 Å². The molecule has 1 heterocycles. The molecule has 1 N–H and O–H groups in total. The van der Waals surface area contributed by atoms with Crippen molar-refractivity contribution in [2.45, 2.75) is 40.3 Å². The molecule has 20 heavy (non-hydrogen) atoms. The van der Waals surface area contributed by atoms with Crippen LogP contribution in [0.3, 0.4) is 0 Å². The normalized spacial score (nSPS) is 10.6. The van der Waals surface area contributed by atoms with Crippen molar-refractivity contribution in [1.82, 2.24) is 4.57 Å². The van der Waals surface area contributed by atoms with Crippen LogP contribution in [0.2, 0.25) is 0 Å². The minimum Gasteiger partial charge on any atom is -0.380 e. The zero-order valence-corrected chi connectivity index (χ0v) is 12.4. The van der Waals surface area contributed by atoms with E-state index in [1.54, 1.807) is 10.6 Å². The second kappa shape index (κ2) is 6.42. The number of hydrogen-bond acceptors (Lipinski definition) is 2. The first kappa shape index (κ1) is 14.4. The van der Waals surface area contributed by atoms with Crippen molar-refractivity contribution in [2.24, 2.45) is 0 Å². The fourth-order valence-electron chi connectivity index (χ4n) is 2.25. The Bertz CT molecular complexity index is 644. The Hall–Kier alpha value is -2.03. The lowest BCUT2D eigenvalue weighted by molar-refractivity contribution is 0.655. The molecule has 2 rings (SSSR count). The van der Waals surface area contributed by atoms with E-state index in [1.807, 2.05) is 12.3 Å². The van der Waals surface area contributed by atoms with Crippen molar-refractivity contribution < 1.29 is 0 Å². The molecule has 3 heteroatoms. The maximum atomic E-state index is 11.7. The number of hydrogen-bond donors (Lipinski definition) is 1. The van der Waals surface area contributed by atoms with Crippen LogP contribution in [0.4, 0.5) is 5.69 Å². The first-order valence-corrected chi connectivity index (χ1v) is 7.11. The molecule has 0 aliphatic heterocycles. The summed E-state index contributed by atoms with van der Waals surface area (Å²) in [7, 11) is 0. The lowest BCUT2D eigenvalue weighted by Crippen LogP contribution is -2.18. The first-order valence-electron chi connectivity index (χ1n) is 7.11. The highest BCUT2D eigenvalue weighted by Crippen LogP contribution is 2.14. The van der Waals surface area contributed by atoms with Crippen LogP contribution in [0.15, 0.2) is 41.3 Å². The minimum atomic E-state index is 0.0594. The molecular weight excluding hydrogens is 248 g/mol. The zero-order chi connectivity index (χ0) is 14.5. The van der Waals surface area contributed by atoms with E-state index >= 15 is 0 Å². The van der Waals surface area contributed by atoms with E-state index in [-0.39, 0.29) is 5.56 Å². The van der Waals surface area contributed by atoms with E-state index in [2.05, 4.69) is 44.3 Å². The summed E-state index contributed by atoms with van der Waals surface area (Å²) in [5.74, 6) is 0. The van der Waals surface area contributed by atoms with Gasteiger partial charge in [0.1, 0.15) is 0 Å². The summed E-state index contributed by atoms with van der Waals surface area (Å²) in [6.07, 6.45) is 2.86. The molecule has 0 saturated heterocycles. The molecule has 0 aliphatic rings. The third-order valence-electron chi connectivity index (χ3n) is 3.65. The molecule has 0 spiro atoms. The van der Waals surface area contributed by atoms with Gasteiger partial charge in [-0.3, -0.25) is 4.79 Å². The molecule has 2 aromatic rings. The van der Waals surface area contributed by atoms with E-state index in [0.29, 0.717) is 0 Å². The largest absolute Gasteiger partial charge is 0.380 e. The molecule has 1 aromatic heterocycles. The van der Waals surface area contributed by atoms with Gasteiger partial charge in [0.05, 0.1) is 5.69 Å². The Balaban J connectivity index is 2.13. The zero-order valence-electron chi connectivity index (χ0n) is 12.4. The number of rotatable bonds is 5. The lowest BCUT2D eigenvalue weighted by Gasteiger charge is -2.12. The van der Waals surface area contributed by atoms with Crippen molar-refractivity contribution in [3.05, 3.63) is 63.6 Å². The number of pyridine rings is 1. The number of nitrogens with zero attached hydrogens (tertiary/aromatic N) is 1. The van der Waals surface area contributed by atoms with Crippen molar-refractivity contribution >= 4 is 5.69 Å². The summed E-state index contributed by atoms with van der Waals surface area (Å²) in [6.45, 7) is 7.88. The predicted octanol–water partition coefficient (Wildman–Crippen LogP) is 3.49. The molecular formula is C17H22N2O. The average Bonchev–Trinajstić information content (AvgIpc) is 2.44. The SMILES string of the molecule is CCCn1cc(NCc2cccc(C)c2C)ccc1=O. The van der Waals surface area contributed by atoms with E-state index in [0.717, 1.165) is 25.2 Å². The quantitative estimate of drug-likeness (QED) is 0.902. The van der Waals surface area contributed by atoms with Gasteiger partial charge in [-0.2, -0.15) is 0 Å². The molecule has 0 radical (unpaired) electrons. The minimum absolute atomic E-state index is 0.0594. The molecule has 1 aromatic carbocycles. The molecule has 0 amide bonds. The van der Waals surface area contributed by atoms with Gasteiger partial charge in [-0.25, -0.2) is 0 Å². The fraction of sp³-hybridized carbons (Fsp3) is 0.353. The smallest absolute Gasteiger partial charge is 0.250 e. The van der Waals surface area contributed by atoms with Crippen molar-refractivity contribution in [2.75, 3.05) is 5.32 Å². The third-order valence-corrected chi connectivity index (χ3v) is 3.65. The number of benzene rings is 1. The maximum Gasteiger partial charge on any atom is 0.250 e. The molecule has 0 aliphatic carbocycles. The van der Waals surface area contributed by atoms with Gasteiger partial charge in [-0.1, -0.05) is 25.1 Å². The Morgan fingerprint density at radius 1 is 1.15 bits per heavy atom. The standard InChI is InChI=1S/C17H22N2O/c1-4-10-19-12-16(8-9-17(19)20)18-11-15-7-5-6-13(2)14(15)3/h5-9,12,18H,4,10-11H2,1-3H3. The summed E-state index contributed by atoms with van der Waals surface area (Å²) in [5.41, 5.74) is 4.96. The Kier molecular flexibility index (Phi) is 4.61. The summed E-state index contributed by atoms with van der Waals surface area (Å²) >= 11 is 0. The predicted molar refractivity (Wildman–Crippen MR) is 84.2 cm³/mol. The van der Waals surface area contributed by atoms with Crippen LogP contribution < -0.4 is 10.9 Å². The second-order valence-electron chi connectivity index (χ2n) is 5.16. The monoisotopic (exact) mass is 270 g/mol. The van der Waals surface area contributed by atoms with E-state index in [1.165, 1.54) is 16.7 Å². The van der Waals surface area contributed by atoms with Crippen LogP contribution in [0.1, 0.15) is 30.0 Å². The van der Waals surface area contributed by atoms with Gasteiger partial charge in [0.2, 0.25) is 0 Å². The van der Waals surface area contributed by atoms with Crippen LogP contribution in [-0.4, -0.2) is 4.57 Å². The Morgan fingerprint density at radius 3 is 2.70 bits per heavy atom. The topological polar surface area (TPSA) is 34.0 Å². The van der Waals surface area contributed by atoms with E-state index in [4.69, 9.17) is 0 Å². The van der Waals surface area contributed by atoms with Crippen LogP contribution in [-0.2, 0) is 13.1 Å². The van der Waals surface area contributed by atoms with Crippen molar-refractivity contribution in [1.29, 1.82) is 0 Å². The maximum absolute atomic E-state index is 11.7. The Labute approximate surface area is 120 Å². The highest BCUT2D eigenvalue weighted by Gasteiger charge is 2.02. The number of aromatic nitrogens is 1. The summed E-state index contributed by atoms with van der Waals surface area (Å²) in [4.78, 5) is 11.7. The van der Waals surface area contributed by atoms with Crippen LogP contribution in [0.5, 0.6) is 0 Å². The average molecular weight is 270 g/mol. The van der Waals surface area contributed by atoms with Crippen LogP contribution in [0, 0.1) is 13.8 Å². The number of aryl methyl sites for hydroxylation is 2. The van der Waals surface area contributed by atoms with Gasteiger partial charge < -0.3 is 9.88 Å². The second-order valence-corrected chi connectivity index (χ2v) is 5.16. The van der Waals surface area contributed by atoms with Gasteiger partial charge in [0.15, 0.2) is 0 Å². The van der Waals surface area contributed by atoms with Crippen LogP contribution in [0.25, 0.3) is 0 Å². The number of anilines is 1. The van der Waals surface area contributed by atoms with E-state index in [9.17, 15) is 4.79 Å². The summed E-state index contributed by atoms with van der Waals surface area (Å²) in [5, 5.41) is 3.40. The van der Waals surface area contributed by atoms with E-state index < -0.39 is 0 Å². The highest BCUT2D eigenvalue weighted by atomic mass is 16.1. The molecule has 0 unspecified atom stereocenters. The van der Waals surface area contributed by atoms with Gasteiger partial charge >= 0.3 is 0 Å². The summed E-state index contributed by atoms with van der Waals surface area (Å²) < 4.78 is 1.76. The molecule has 0 saturated carbocycles.